The molecule has 3 rings (SSSR count). The minimum absolute atomic E-state index is 0.0514. The van der Waals surface area contributed by atoms with Crippen molar-refractivity contribution in [1.29, 1.82) is 0 Å². The fourth-order valence-electron chi connectivity index (χ4n) is 3.64. The van der Waals surface area contributed by atoms with Crippen LogP contribution in [-0.2, 0) is 11.2 Å². The number of carbonyl (C=O) groups excluding carboxylic acids is 1. The van der Waals surface area contributed by atoms with Gasteiger partial charge >= 0.3 is 0 Å². The number of phenolic OH excluding ortho intramolecular Hbond substituents is 1. The Morgan fingerprint density at radius 3 is 2.74 bits per heavy atom. The summed E-state index contributed by atoms with van der Waals surface area (Å²) in [5.74, 6) is 1.46. The van der Waals surface area contributed by atoms with Gasteiger partial charge in [0.2, 0.25) is 5.91 Å². The molecule has 2 saturated heterocycles. The van der Waals surface area contributed by atoms with Gasteiger partial charge in [-0.3, -0.25) is 15.6 Å². The molecule has 2 atom stereocenters. The third-order valence-corrected chi connectivity index (χ3v) is 5.38. The Balaban J connectivity index is 1.52. The average Bonchev–Trinajstić information content (AvgIpc) is 2.97. The highest BCUT2D eigenvalue weighted by molar-refractivity contribution is 6.32. The zero-order chi connectivity index (χ0) is 16.4. The lowest BCUT2D eigenvalue weighted by atomic mass is 9.84. The molecule has 2 fully saturated rings. The number of carbonyl (C=O) groups is 1. The largest absolute Gasteiger partial charge is 0.506 e. The van der Waals surface area contributed by atoms with Gasteiger partial charge in [-0.25, -0.2) is 0 Å². The molecule has 0 aliphatic carbocycles. The molecule has 0 radical (unpaired) electrons. The van der Waals surface area contributed by atoms with Gasteiger partial charge in [-0.2, -0.15) is 0 Å². The Labute approximate surface area is 142 Å². The van der Waals surface area contributed by atoms with Crippen molar-refractivity contribution in [2.45, 2.75) is 32.2 Å². The molecule has 5 nitrogen and oxygen atoms in total. The van der Waals surface area contributed by atoms with E-state index < -0.39 is 0 Å². The number of phenols is 1. The van der Waals surface area contributed by atoms with Crippen LogP contribution in [0.25, 0.3) is 0 Å². The molecule has 3 N–H and O–H groups in total. The smallest absolute Gasteiger partial charge is 0.226 e. The second kappa shape index (κ2) is 7.07. The van der Waals surface area contributed by atoms with E-state index in [-0.39, 0.29) is 11.7 Å². The molecule has 0 aromatic heterocycles. The van der Waals surface area contributed by atoms with Gasteiger partial charge in [0.1, 0.15) is 5.75 Å². The zero-order valence-electron chi connectivity index (χ0n) is 13.4. The van der Waals surface area contributed by atoms with Crippen LogP contribution < -0.4 is 10.9 Å². The van der Waals surface area contributed by atoms with Crippen molar-refractivity contribution in [1.82, 2.24) is 15.8 Å². The highest BCUT2D eigenvalue weighted by atomic mass is 35.5. The molecule has 0 spiro atoms. The van der Waals surface area contributed by atoms with Crippen LogP contribution in [0.4, 0.5) is 0 Å². The van der Waals surface area contributed by atoms with Gasteiger partial charge in [0.25, 0.3) is 0 Å². The molecular weight excluding hydrogens is 314 g/mol. The molecule has 1 amide bonds. The summed E-state index contributed by atoms with van der Waals surface area (Å²) in [5.41, 5.74) is 7.45. The van der Waals surface area contributed by atoms with E-state index in [1.807, 2.05) is 4.90 Å². The van der Waals surface area contributed by atoms with Gasteiger partial charge in [-0.15, -0.1) is 0 Å². The molecule has 2 unspecified atom stereocenters. The molecule has 6 heteroatoms. The fraction of sp³-hybridized carbons (Fsp3) is 0.588. The molecule has 23 heavy (non-hydrogen) atoms. The Bertz CT molecular complexity index is 573. The monoisotopic (exact) mass is 337 g/mol. The predicted molar refractivity (Wildman–Crippen MR) is 90.2 cm³/mol. The summed E-state index contributed by atoms with van der Waals surface area (Å²) in [6.45, 7) is 4.93. The van der Waals surface area contributed by atoms with E-state index in [1.165, 1.54) is 6.07 Å². The van der Waals surface area contributed by atoms with Gasteiger partial charge < -0.3 is 10.0 Å². The first-order valence-electron chi connectivity index (χ1n) is 8.28. The highest BCUT2D eigenvalue weighted by Gasteiger charge is 2.33. The number of aromatic hydroxyl groups is 1. The van der Waals surface area contributed by atoms with Crippen LogP contribution in [0.3, 0.4) is 0 Å². The van der Waals surface area contributed by atoms with E-state index in [1.54, 1.807) is 12.1 Å². The van der Waals surface area contributed by atoms with Crippen molar-refractivity contribution in [3.05, 3.63) is 28.8 Å². The summed E-state index contributed by atoms with van der Waals surface area (Å²) in [4.78, 5) is 14.4. The lowest BCUT2D eigenvalue weighted by molar-refractivity contribution is -0.132. The number of piperidine rings is 1. The van der Waals surface area contributed by atoms with Gasteiger partial charge in [0.05, 0.1) is 11.4 Å². The van der Waals surface area contributed by atoms with Crippen LogP contribution in [0.5, 0.6) is 5.75 Å². The first-order chi connectivity index (χ1) is 11.0. The Hall–Kier alpha value is -1.30. The number of hydrogen-bond donors (Lipinski definition) is 3. The van der Waals surface area contributed by atoms with Crippen molar-refractivity contribution in [2.24, 2.45) is 11.8 Å². The normalized spacial score (nSPS) is 25.7. The highest BCUT2D eigenvalue weighted by Crippen LogP contribution is 2.27. The van der Waals surface area contributed by atoms with E-state index >= 15 is 0 Å². The van der Waals surface area contributed by atoms with Gasteiger partial charge in [0.15, 0.2) is 0 Å². The van der Waals surface area contributed by atoms with E-state index in [0.717, 1.165) is 38.0 Å². The summed E-state index contributed by atoms with van der Waals surface area (Å²) in [5, 5.41) is 9.74. The van der Waals surface area contributed by atoms with Crippen molar-refractivity contribution < 1.29 is 9.90 Å². The minimum atomic E-state index is 0.0514. The van der Waals surface area contributed by atoms with Crippen molar-refractivity contribution in [3.63, 3.8) is 0 Å². The third kappa shape index (κ3) is 3.79. The van der Waals surface area contributed by atoms with E-state index in [9.17, 15) is 9.90 Å². The van der Waals surface area contributed by atoms with Crippen molar-refractivity contribution in [2.75, 3.05) is 19.6 Å². The number of benzene rings is 1. The molecule has 2 aliphatic heterocycles. The number of hydrogen-bond acceptors (Lipinski definition) is 4. The molecule has 0 bridgehead atoms. The quantitative estimate of drug-likeness (QED) is 0.788. The lowest BCUT2D eigenvalue weighted by Crippen LogP contribution is -2.46. The average molecular weight is 338 g/mol. The molecule has 0 saturated carbocycles. The maximum Gasteiger partial charge on any atom is 0.226 e. The Morgan fingerprint density at radius 2 is 2.13 bits per heavy atom. The second-order valence-corrected chi connectivity index (χ2v) is 7.12. The van der Waals surface area contributed by atoms with Crippen LogP contribution in [-0.4, -0.2) is 41.6 Å². The molecule has 1 aromatic carbocycles. The number of nitrogens with zero attached hydrogens (tertiary/aromatic N) is 1. The summed E-state index contributed by atoms with van der Waals surface area (Å²) >= 11 is 5.90. The van der Waals surface area contributed by atoms with E-state index in [0.29, 0.717) is 29.3 Å². The number of nitrogens with one attached hydrogen (secondary N) is 2. The fourth-order valence-corrected chi connectivity index (χ4v) is 3.85. The third-order valence-electron chi connectivity index (χ3n) is 5.07. The topological polar surface area (TPSA) is 64.6 Å². The first kappa shape index (κ1) is 16.6. The van der Waals surface area contributed by atoms with Gasteiger partial charge in [-0.05, 0) is 42.4 Å². The van der Waals surface area contributed by atoms with Crippen LogP contribution in [0.1, 0.15) is 25.3 Å². The SMILES string of the molecule is CC1CNNC1C1CCN(C(=O)Cc2ccc(O)c(Cl)c2)CC1. The maximum absolute atomic E-state index is 12.4. The number of rotatable bonds is 3. The zero-order valence-corrected chi connectivity index (χ0v) is 14.1. The summed E-state index contributed by atoms with van der Waals surface area (Å²) in [6, 6.07) is 5.47. The van der Waals surface area contributed by atoms with Gasteiger partial charge in [0, 0.05) is 25.7 Å². The summed E-state index contributed by atoms with van der Waals surface area (Å²) in [6.07, 6.45) is 2.43. The standard InChI is InChI=1S/C17H24ClN3O2/c1-11-10-19-20-17(11)13-4-6-21(7-5-13)16(23)9-12-2-3-15(22)14(18)8-12/h2-3,8,11,13,17,19-20,22H,4-7,9-10H2,1H3. The van der Waals surface area contributed by atoms with Crippen LogP contribution in [0, 0.1) is 11.8 Å². The van der Waals surface area contributed by atoms with Crippen LogP contribution in [0.15, 0.2) is 18.2 Å². The van der Waals surface area contributed by atoms with Gasteiger partial charge in [-0.1, -0.05) is 24.6 Å². The molecule has 126 valence electrons. The molecule has 2 aliphatic rings. The number of hydrazine groups is 1. The number of halogens is 1. The number of amides is 1. The summed E-state index contributed by atoms with van der Waals surface area (Å²) in [7, 11) is 0. The van der Waals surface area contributed by atoms with Crippen molar-refractivity contribution >= 4 is 17.5 Å². The Kier molecular flexibility index (Phi) is 5.09. The predicted octanol–water partition coefficient (Wildman–Crippen LogP) is 1.94. The minimum Gasteiger partial charge on any atom is -0.506 e. The van der Waals surface area contributed by atoms with Crippen LogP contribution in [0.2, 0.25) is 5.02 Å². The Morgan fingerprint density at radius 1 is 1.39 bits per heavy atom. The maximum atomic E-state index is 12.4. The van der Waals surface area contributed by atoms with E-state index in [4.69, 9.17) is 11.6 Å². The van der Waals surface area contributed by atoms with E-state index in [2.05, 4.69) is 17.8 Å². The first-order valence-corrected chi connectivity index (χ1v) is 8.66. The second-order valence-electron chi connectivity index (χ2n) is 6.71. The molecule has 2 heterocycles. The lowest BCUT2D eigenvalue weighted by Gasteiger charge is -2.36. The number of likely N-dealkylation sites (tertiary alicyclic amines) is 1. The molecule has 1 aromatic rings. The molecular formula is C17H24ClN3O2. The summed E-state index contributed by atoms with van der Waals surface area (Å²) < 4.78 is 0. The van der Waals surface area contributed by atoms with Crippen LogP contribution >= 0.6 is 11.6 Å². The van der Waals surface area contributed by atoms with Crippen molar-refractivity contribution in [3.8, 4) is 5.75 Å².